The van der Waals surface area contributed by atoms with E-state index in [1.54, 1.807) is 0 Å². The van der Waals surface area contributed by atoms with Gasteiger partial charge in [0.05, 0.1) is 12.3 Å². The number of rotatable bonds is 6. The largest absolute Gasteiger partial charge is 0.492 e. The van der Waals surface area contributed by atoms with Crippen molar-refractivity contribution in [3.63, 3.8) is 0 Å². The van der Waals surface area contributed by atoms with Crippen molar-refractivity contribution in [3.05, 3.63) is 23.8 Å². The molecule has 2 aliphatic heterocycles. The van der Waals surface area contributed by atoms with Crippen LogP contribution in [-0.4, -0.2) is 59.9 Å². The molecular weight excluding hydrogens is 342 g/mol. The molecule has 2 heterocycles. The van der Waals surface area contributed by atoms with Gasteiger partial charge < -0.3 is 19.9 Å². The Labute approximate surface area is 161 Å². The normalized spacial score (nSPS) is 20.3. The molecule has 3 rings (SSSR count). The van der Waals surface area contributed by atoms with Crippen molar-refractivity contribution in [2.24, 2.45) is 0 Å². The van der Waals surface area contributed by atoms with E-state index in [2.05, 4.69) is 5.32 Å². The van der Waals surface area contributed by atoms with Crippen LogP contribution in [0.1, 0.15) is 56.8 Å². The Morgan fingerprint density at radius 3 is 2.59 bits per heavy atom. The summed E-state index contributed by atoms with van der Waals surface area (Å²) in [6.07, 6.45) is 4.08. The molecular formula is C21H31N3O3. The predicted molar refractivity (Wildman–Crippen MR) is 106 cm³/mol. The van der Waals surface area contributed by atoms with E-state index in [1.165, 1.54) is 6.42 Å². The zero-order valence-electron chi connectivity index (χ0n) is 16.7. The Bertz CT molecular complexity index is 683. The highest BCUT2D eigenvalue weighted by molar-refractivity contribution is 5.96. The van der Waals surface area contributed by atoms with E-state index < -0.39 is 0 Å². The molecule has 0 saturated carbocycles. The van der Waals surface area contributed by atoms with Gasteiger partial charge in [-0.3, -0.25) is 9.59 Å². The lowest BCUT2D eigenvalue weighted by Crippen LogP contribution is -2.37. The summed E-state index contributed by atoms with van der Waals surface area (Å²) in [4.78, 5) is 29.3. The lowest BCUT2D eigenvalue weighted by molar-refractivity contribution is -0.129. The Morgan fingerprint density at radius 1 is 1.22 bits per heavy atom. The minimum atomic E-state index is -0.271. The fraction of sp³-hybridized carbons (Fsp3) is 0.619. The van der Waals surface area contributed by atoms with Crippen LogP contribution in [0.15, 0.2) is 18.2 Å². The van der Waals surface area contributed by atoms with Crippen LogP contribution >= 0.6 is 0 Å². The number of amides is 2. The lowest BCUT2D eigenvalue weighted by Gasteiger charge is -2.27. The molecule has 0 bridgehead atoms. The Hall–Kier alpha value is -2.24. The highest BCUT2D eigenvalue weighted by Gasteiger charge is 2.33. The van der Waals surface area contributed by atoms with E-state index in [0.717, 1.165) is 44.6 Å². The topological polar surface area (TPSA) is 61.9 Å². The number of carbonyl (C=O) groups is 2. The molecule has 2 aliphatic rings. The average molecular weight is 373 g/mol. The van der Waals surface area contributed by atoms with Gasteiger partial charge in [-0.1, -0.05) is 0 Å². The van der Waals surface area contributed by atoms with Crippen molar-refractivity contribution in [1.29, 1.82) is 0 Å². The molecule has 6 nitrogen and oxygen atoms in total. The molecule has 1 atom stereocenters. The van der Waals surface area contributed by atoms with Gasteiger partial charge >= 0.3 is 0 Å². The molecule has 0 unspecified atom stereocenters. The summed E-state index contributed by atoms with van der Waals surface area (Å²) < 4.78 is 5.72. The number of benzene rings is 1. The predicted octanol–water partition coefficient (Wildman–Crippen LogP) is 3.13. The van der Waals surface area contributed by atoms with Gasteiger partial charge in [0.15, 0.2) is 0 Å². The molecule has 1 aromatic carbocycles. The summed E-state index contributed by atoms with van der Waals surface area (Å²) in [5.41, 5.74) is 1.37. The smallest absolute Gasteiger partial charge is 0.253 e. The molecule has 148 valence electrons. The van der Waals surface area contributed by atoms with E-state index in [-0.39, 0.29) is 23.9 Å². The average Bonchev–Trinajstić information content (AvgIpc) is 3.04. The van der Waals surface area contributed by atoms with Crippen molar-refractivity contribution >= 4 is 17.5 Å². The zero-order valence-corrected chi connectivity index (χ0v) is 16.7. The summed E-state index contributed by atoms with van der Waals surface area (Å²) in [5, 5.41) is 3.34. The maximum atomic E-state index is 12.8. The maximum absolute atomic E-state index is 12.8. The van der Waals surface area contributed by atoms with Crippen molar-refractivity contribution in [2.75, 3.05) is 31.6 Å². The molecule has 2 fully saturated rings. The third kappa shape index (κ3) is 4.37. The number of carbonyl (C=O) groups excluding carboxylic acids is 2. The number of anilines is 1. The van der Waals surface area contributed by atoms with Crippen molar-refractivity contribution in [3.8, 4) is 5.75 Å². The van der Waals surface area contributed by atoms with Gasteiger partial charge in [0.1, 0.15) is 11.8 Å². The van der Waals surface area contributed by atoms with E-state index >= 15 is 0 Å². The van der Waals surface area contributed by atoms with Crippen LogP contribution in [0.4, 0.5) is 5.69 Å². The summed E-state index contributed by atoms with van der Waals surface area (Å²) in [5.74, 6) is 0.853. The summed E-state index contributed by atoms with van der Waals surface area (Å²) >= 11 is 0. The standard InChI is InChI=1S/C21H31N3O3/c1-4-27-19-9-8-16(20(25)23-11-6-5-7-12-23)14-18(19)22-17-10-13-24(15(2)3)21(17)26/h8-9,14-15,17,22H,4-7,10-13H2,1-3H3/t17-/m0/s1. The SMILES string of the molecule is CCOc1ccc(C(=O)N2CCCCC2)cc1N[C@H]1CCN(C(C)C)C1=O. The molecule has 0 aliphatic carbocycles. The number of likely N-dealkylation sites (tertiary alicyclic amines) is 2. The molecule has 0 spiro atoms. The van der Waals surface area contributed by atoms with Crippen molar-refractivity contribution in [1.82, 2.24) is 9.80 Å². The van der Waals surface area contributed by atoms with Gasteiger partial charge in [-0.15, -0.1) is 0 Å². The number of hydrogen-bond acceptors (Lipinski definition) is 4. The molecule has 6 heteroatoms. The Morgan fingerprint density at radius 2 is 1.96 bits per heavy atom. The fourth-order valence-electron chi connectivity index (χ4n) is 3.87. The number of piperidine rings is 1. The molecule has 27 heavy (non-hydrogen) atoms. The van der Waals surface area contributed by atoms with Gasteiger partial charge in [-0.2, -0.15) is 0 Å². The minimum Gasteiger partial charge on any atom is -0.492 e. The Balaban J connectivity index is 1.80. The highest BCUT2D eigenvalue weighted by atomic mass is 16.5. The maximum Gasteiger partial charge on any atom is 0.253 e. The van der Waals surface area contributed by atoms with Gasteiger partial charge in [0.25, 0.3) is 5.91 Å². The quantitative estimate of drug-likeness (QED) is 0.832. The van der Waals surface area contributed by atoms with Crippen LogP contribution in [0, 0.1) is 0 Å². The number of nitrogens with one attached hydrogen (secondary N) is 1. The second kappa shape index (κ2) is 8.63. The third-order valence-electron chi connectivity index (χ3n) is 5.36. The number of hydrogen-bond donors (Lipinski definition) is 1. The minimum absolute atomic E-state index is 0.0577. The summed E-state index contributed by atoms with van der Waals surface area (Å²) in [6, 6.07) is 5.43. The van der Waals surface area contributed by atoms with Gasteiger partial charge in [0.2, 0.25) is 5.91 Å². The van der Waals surface area contributed by atoms with E-state index in [4.69, 9.17) is 4.74 Å². The number of nitrogens with zero attached hydrogens (tertiary/aromatic N) is 2. The number of ether oxygens (including phenoxy) is 1. The van der Waals surface area contributed by atoms with E-state index in [0.29, 0.717) is 17.9 Å². The monoisotopic (exact) mass is 373 g/mol. The van der Waals surface area contributed by atoms with Crippen molar-refractivity contribution in [2.45, 2.75) is 58.5 Å². The van der Waals surface area contributed by atoms with Gasteiger partial charge in [-0.25, -0.2) is 0 Å². The second-order valence-electron chi connectivity index (χ2n) is 7.61. The molecule has 2 amide bonds. The van der Waals surface area contributed by atoms with Crippen LogP contribution < -0.4 is 10.1 Å². The molecule has 1 N–H and O–H groups in total. The first-order valence-electron chi connectivity index (χ1n) is 10.1. The fourth-order valence-corrected chi connectivity index (χ4v) is 3.87. The van der Waals surface area contributed by atoms with Crippen molar-refractivity contribution < 1.29 is 14.3 Å². The highest BCUT2D eigenvalue weighted by Crippen LogP contribution is 2.30. The first-order chi connectivity index (χ1) is 13.0. The van der Waals surface area contributed by atoms with Crippen LogP contribution in [0.3, 0.4) is 0 Å². The molecule has 0 aromatic heterocycles. The zero-order chi connectivity index (χ0) is 19.4. The molecule has 0 radical (unpaired) electrons. The molecule has 1 aromatic rings. The summed E-state index contributed by atoms with van der Waals surface area (Å²) in [7, 11) is 0. The third-order valence-corrected chi connectivity index (χ3v) is 5.36. The lowest BCUT2D eigenvalue weighted by atomic mass is 10.1. The first kappa shape index (κ1) is 19.5. The van der Waals surface area contributed by atoms with Gasteiger partial charge in [-0.05, 0) is 64.7 Å². The van der Waals surface area contributed by atoms with Crippen LogP contribution in [0.2, 0.25) is 0 Å². The molecule has 2 saturated heterocycles. The van der Waals surface area contributed by atoms with Crippen LogP contribution in [-0.2, 0) is 4.79 Å². The van der Waals surface area contributed by atoms with Crippen LogP contribution in [0.25, 0.3) is 0 Å². The van der Waals surface area contributed by atoms with Crippen LogP contribution in [0.5, 0.6) is 5.75 Å². The van der Waals surface area contributed by atoms with E-state index in [9.17, 15) is 9.59 Å². The van der Waals surface area contributed by atoms with E-state index in [1.807, 2.05) is 48.8 Å². The summed E-state index contributed by atoms with van der Waals surface area (Å²) in [6.45, 7) is 8.92. The Kier molecular flexibility index (Phi) is 6.24. The first-order valence-corrected chi connectivity index (χ1v) is 10.1. The van der Waals surface area contributed by atoms with Gasteiger partial charge in [0, 0.05) is 31.2 Å². The second-order valence-corrected chi connectivity index (χ2v) is 7.61.